The first-order valence-electron chi connectivity index (χ1n) is 4.16. The van der Waals surface area contributed by atoms with Crippen LogP contribution in [0.15, 0.2) is 27.4 Å². The second-order valence-corrected chi connectivity index (χ2v) is 6.16. The Hall–Kier alpha value is -0.160. The van der Waals surface area contributed by atoms with Crippen LogP contribution in [0.4, 0.5) is 0 Å². The molecule has 0 atom stereocenters. The highest BCUT2D eigenvalue weighted by molar-refractivity contribution is 9.10. The second kappa shape index (κ2) is 4.78. The van der Waals surface area contributed by atoms with Crippen molar-refractivity contribution < 1.29 is 4.79 Å². The maximum absolute atomic E-state index is 11.8. The van der Waals surface area contributed by atoms with Gasteiger partial charge >= 0.3 is 0 Å². The molecule has 1 nitrogen and oxygen atoms in total. The van der Waals surface area contributed by atoms with Crippen molar-refractivity contribution in [1.82, 2.24) is 0 Å². The first-order chi connectivity index (χ1) is 7.16. The number of rotatable bonds is 3. The van der Waals surface area contributed by atoms with Gasteiger partial charge in [-0.2, -0.15) is 0 Å². The predicted molar refractivity (Wildman–Crippen MR) is 69.4 cm³/mol. The van der Waals surface area contributed by atoms with Crippen LogP contribution in [0.25, 0.3) is 0 Å². The molecule has 2 aromatic heterocycles. The summed E-state index contributed by atoms with van der Waals surface area (Å²) in [5.41, 5.74) is 0. The van der Waals surface area contributed by atoms with E-state index in [2.05, 4.69) is 15.9 Å². The number of hydrogen-bond acceptors (Lipinski definition) is 3. The number of ketones is 1. The first kappa shape index (κ1) is 11.3. The summed E-state index contributed by atoms with van der Waals surface area (Å²) < 4.78 is 1.02. The summed E-state index contributed by atoms with van der Waals surface area (Å²) in [6, 6.07) is 3.72. The highest BCUT2D eigenvalue weighted by atomic mass is 79.9. The molecule has 0 bridgehead atoms. The van der Waals surface area contributed by atoms with Crippen molar-refractivity contribution >= 4 is 56.0 Å². The van der Waals surface area contributed by atoms with Crippen molar-refractivity contribution in [3.63, 3.8) is 0 Å². The molecule has 0 aromatic carbocycles. The fraction of sp³-hybridized carbons (Fsp3) is 0.100. The van der Waals surface area contributed by atoms with Gasteiger partial charge in [0.05, 0.1) is 9.90 Å². The molecule has 0 saturated heterocycles. The molecule has 2 heterocycles. The summed E-state index contributed by atoms with van der Waals surface area (Å²) in [7, 11) is 0. The van der Waals surface area contributed by atoms with Crippen LogP contribution in [0, 0.1) is 0 Å². The smallest absolute Gasteiger partial charge is 0.179 e. The van der Waals surface area contributed by atoms with E-state index in [9.17, 15) is 4.79 Å². The van der Waals surface area contributed by atoms with E-state index in [0.717, 1.165) is 9.35 Å². The van der Waals surface area contributed by atoms with Gasteiger partial charge in [0.25, 0.3) is 0 Å². The maximum Gasteiger partial charge on any atom is 0.179 e. The molecule has 0 radical (unpaired) electrons. The van der Waals surface area contributed by atoms with E-state index in [-0.39, 0.29) is 5.78 Å². The van der Waals surface area contributed by atoms with Crippen LogP contribution < -0.4 is 0 Å². The van der Waals surface area contributed by atoms with E-state index < -0.39 is 0 Å². The molecular formula is C10H6BrClOS2. The van der Waals surface area contributed by atoms with Crippen LogP contribution in [-0.4, -0.2) is 5.78 Å². The second-order valence-electron chi connectivity index (χ2n) is 2.93. The minimum Gasteiger partial charge on any atom is -0.293 e. The third kappa shape index (κ3) is 2.69. The zero-order valence-corrected chi connectivity index (χ0v) is 11.5. The van der Waals surface area contributed by atoms with Crippen molar-refractivity contribution in [1.29, 1.82) is 0 Å². The van der Waals surface area contributed by atoms with Crippen LogP contribution in [0.2, 0.25) is 5.02 Å². The lowest BCUT2D eigenvalue weighted by Crippen LogP contribution is -1.99. The molecule has 0 aliphatic carbocycles. The normalized spacial score (nSPS) is 10.5. The standard InChI is InChI=1S/C10H6BrClOS2/c11-6-3-7(15-5-6)4-9(13)10-8(12)1-2-14-10/h1-3,5H,4H2. The van der Waals surface area contributed by atoms with Crippen molar-refractivity contribution in [2.45, 2.75) is 6.42 Å². The third-order valence-corrected chi connectivity index (χ3v) is 4.91. The van der Waals surface area contributed by atoms with Crippen LogP contribution in [0.1, 0.15) is 14.5 Å². The lowest BCUT2D eigenvalue weighted by molar-refractivity contribution is 0.0998. The summed E-state index contributed by atoms with van der Waals surface area (Å²) in [5, 5.41) is 4.36. The molecule has 0 aliphatic heterocycles. The van der Waals surface area contributed by atoms with Crippen LogP contribution >= 0.6 is 50.2 Å². The minimum atomic E-state index is 0.0874. The van der Waals surface area contributed by atoms with Gasteiger partial charge in [0.15, 0.2) is 5.78 Å². The Morgan fingerprint density at radius 3 is 2.80 bits per heavy atom. The summed E-state index contributed by atoms with van der Waals surface area (Å²) in [6.07, 6.45) is 0.427. The van der Waals surface area contributed by atoms with Crippen LogP contribution in [-0.2, 0) is 6.42 Å². The average molecular weight is 322 g/mol. The maximum atomic E-state index is 11.8. The van der Waals surface area contributed by atoms with Gasteiger partial charge in [-0.15, -0.1) is 22.7 Å². The lowest BCUT2D eigenvalue weighted by Gasteiger charge is -1.95. The van der Waals surface area contributed by atoms with E-state index in [1.165, 1.54) is 11.3 Å². The van der Waals surface area contributed by atoms with Gasteiger partial charge in [-0.3, -0.25) is 4.79 Å². The van der Waals surface area contributed by atoms with Gasteiger partial charge in [-0.05, 0) is 33.4 Å². The quantitative estimate of drug-likeness (QED) is 0.752. The van der Waals surface area contributed by atoms with Crippen molar-refractivity contribution in [2.75, 3.05) is 0 Å². The molecule has 5 heteroatoms. The number of thiophene rings is 2. The zero-order valence-electron chi connectivity index (χ0n) is 7.50. The van der Waals surface area contributed by atoms with Gasteiger partial charge in [0, 0.05) is 21.2 Å². The fourth-order valence-electron chi connectivity index (χ4n) is 1.18. The van der Waals surface area contributed by atoms with Gasteiger partial charge < -0.3 is 0 Å². The Balaban J connectivity index is 2.14. The Morgan fingerprint density at radius 2 is 2.27 bits per heavy atom. The summed E-state index contributed by atoms with van der Waals surface area (Å²) >= 11 is 12.2. The molecule has 0 aliphatic rings. The van der Waals surface area contributed by atoms with E-state index in [1.807, 2.05) is 16.8 Å². The highest BCUT2D eigenvalue weighted by Crippen LogP contribution is 2.26. The number of halogens is 2. The van der Waals surface area contributed by atoms with E-state index in [0.29, 0.717) is 16.3 Å². The zero-order chi connectivity index (χ0) is 10.8. The van der Waals surface area contributed by atoms with Crippen molar-refractivity contribution in [3.8, 4) is 0 Å². The molecule has 0 saturated carbocycles. The number of hydrogen-bond donors (Lipinski definition) is 0. The Morgan fingerprint density at radius 1 is 1.47 bits per heavy atom. The fourth-order valence-corrected chi connectivity index (χ4v) is 3.73. The number of Topliss-reactive ketones (excluding diaryl/α,β-unsaturated/α-hetero) is 1. The van der Waals surface area contributed by atoms with E-state index >= 15 is 0 Å². The van der Waals surface area contributed by atoms with Gasteiger partial charge in [-0.25, -0.2) is 0 Å². The molecular weight excluding hydrogens is 316 g/mol. The first-order valence-corrected chi connectivity index (χ1v) is 7.09. The molecule has 0 amide bonds. The summed E-state index contributed by atoms with van der Waals surface area (Å²) in [5.74, 6) is 0.0874. The molecule has 0 unspecified atom stereocenters. The van der Waals surface area contributed by atoms with Gasteiger partial charge in [0.2, 0.25) is 0 Å². The van der Waals surface area contributed by atoms with Crippen molar-refractivity contribution in [2.24, 2.45) is 0 Å². The molecule has 2 rings (SSSR count). The van der Waals surface area contributed by atoms with Gasteiger partial charge in [0.1, 0.15) is 0 Å². The SMILES string of the molecule is O=C(Cc1cc(Br)cs1)c1sccc1Cl. The molecule has 2 aromatic rings. The predicted octanol–water partition coefficient (Wildman–Crippen LogP) is 4.65. The third-order valence-electron chi connectivity index (χ3n) is 1.83. The number of carbonyl (C=O) groups excluding carboxylic acids is 1. The van der Waals surface area contributed by atoms with E-state index in [1.54, 1.807) is 17.4 Å². The average Bonchev–Trinajstić information content (AvgIpc) is 2.75. The Kier molecular flexibility index (Phi) is 3.61. The molecule has 78 valence electrons. The number of carbonyl (C=O) groups is 1. The summed E-state index contributed by atoms with van der Waals surface area (Å²) in [6.45, 7) is 0. The Bertz CT molecular complexity index is 489. The minimum absolute atomic E-state index is 0.0874. The Labute approximate surface area is 109 Å². The largest absolute Gasteiger partial charge is 0.293 e. The van der Waals surface area contributed by atoms with Crippen LogP contribution in [0.3, 0.4) is 0 Å². The van der Waals surface area contributed by atoms with Gasteiger partial charge in [-0.1, -0.05) is 11.6 Å². The van der Waals surface area contributed by atoms with E-state index in [4.69, 9.17) is 11.6 Å². The lowest BCUT2D eigenvalue weighted by atomic mass is 10.2. The van der Waals surface area contributed by atoms with Crippen LogP contribution in [0.5, 0.6) is 0 Å². The summed E-state index contributed by atoms with van der Waals surface area (Å²) in [4.78, 5) is 13.5. The molecule has 0 spiro atoms. The molecule has 15 heavy (non-hydrogen) atoms. The highest BCUT2D eigenvalue weighted by Gasteiger charge is 2.13. The monoisotopic (exact) mass is 320 g/mol. The topological polar surface area (TPSA) is 17.1 Å². The van der Waals surface area contributed by atoms with Crippen molar-refractivity contribution in [3.05, 3.63) is 42.1 Å². The molecule has 0 fully saturated rings. The molecule has 0 N–H and O–H groups in total.